The van der Waals surface area contributed by atoms with Gasteiger partial charge < -0.3 is 10.1 Å². The van der Waals surface area contributed by atoms with Crippen molar-refractivity contribution in [3.05, 3.63) is 27.7 Å². The van der Waals surface area contributed by atoms with Crippen LogP contribution in [0, 0.1) is 11.3 Å². The Hall–Kier alpha value is -0.660. The lowest BCUT2D eigenvalue weighted by Crippen LogP contribution is -2.34. The van der Waals surface area contributed by atoms with Gasteiger partial charge in [0.15, 0.2) is 5.75 Å². The molecule has 1 aliphatic rings. The molecule has 18 heavy (non-hydrogen) atoms. The van der Waals surface area contributed by atoms with E-state index in [1.165, 1.54) is 0 Å². The second-order valence-corrected chi connectivity index (χ2v) is 4.76. The van der Waals surface area contributed by atoms with Crippen LogP contribution in [-0.4, -0.2) is 19.2 Å². The molecule has 0 spiro atoms. The summed E-state index contributed by atoms with van der Waals surface area (Å²) >= 11 is 12.1. The lowest BCUT2D eigenvalue weighted by atomic mass is 10.1. The van der Waals surface area contributed by atoms with Crippen LogP contribution in [0.1, 0.15) is 18.4 Å². The van der Waals surface area contributed by atoms with Crippen LogP contribution >= 0.6 is 35.6 Å². The zero-order valence-electron chi connectivity index (χ0n) is 9.58. The second-order valence-electron chi connectivity index (χ2n) is 3.95. The van der Waals surface area contributed by atoms with Gasteiger partial charge in [-0.15, -0.1) is 12.4 Å². The molecule has 0 aliphatic carbocycles. The van der Waals surface area contributed by atoms with Crippen LogP contribution in [0.2, 0.25) is 10.0 Å². The minimum atomic E-state index is 0. The summed E-state index contributed by atoms with van der Waals surface area (Å²) in [6.07, 6.45) is 2.01. The molecule has 6 heteroatoms. The third kappa shape index (κ3) is 3.66. The van der Waals surface area contributed by atoms with Crippen molar-refractivity contribution >= 4 is 35.6 Å². The van der Waals surface area contributed by atoms with Crippen LogP contribution in [0.4, 0.5) is 0 Å². The summed E-state index contributed by atoms with van der Waals surface area (Å²) in [5, 5.41) is 12.8. The van der Waals surface area contributed by atoms with Crippen molar-refractivity contribution in [2.75, 3.05) is 13.1 Å². The lowest BCUT2D eigenvalue weighted by molar-refractivity contribution is 0.162. The number of benzene rings is 1. The summed E-state index contributed by atoms with van der Waals surface area (Å²) in [5.74, 6) is 0.485. The molecule has 1 aliphatic heterocycles. The van der Waals surface area contributed by atoms with Gasteiger partial charge in [-0.05, 0) is 38.1 Å². The third-order valence-corrected chi connectivity index (χ3v) is 3.26. The van der Waals surface area contributed by atoms with E-state index in [-0.39, 0.29) is 18.5 Å². The number of ether oxygens (including phenoxy) is 1. The zero-order chi connectivity index (χ0) is 12.3. The van der Waals surface area contributed by atoms with Gasteiger partial charge in [-0.3, -0.25) is 0 Å². The molecule has 0 saturated carbocycles. The van der Waals surface area contributed by atoms with E-state index in [9.17, 15) is 0 Å². The molecular formula is C12H13Cl3N2O. The van der Waals surface area contributed by atoms with Gasteiger partial charge in [0.2, 0.25) is 0 Å². The average Bonchev–Trinajstić information content (AvgIpc) is 2.35. The minimum absolute atomic E-state index is 0. The van der Waals surface area contributed by atoms with Crippen LogP contribution in [0.5, 0.6) is 5.75 Å². The van der Waals surface area contributed by atoms with Gasteiger partial charge >= 0.3 is 0 Å². The van der Waals surface area contributed by atoms with Crippen LogP contribution in [0.3, 0.4) is 0 Å². The first-order valence-electron chi connectivity index (χ1n) is 5.47. The van der Waals surface area contributed by atoms with E-state index in [1.54, 1.807) is 12.1 Å². The predicted octanol–water partition coefficient (Wildman–Crippen LogP) is 3.42. The van der Waals surface area contributed by atoms with Crippen molar-refractivity contribution in [3.8, 4) is 11.8 Å². The Labute approximate surface area is 122 Å². The topological polar surface area (TPSA) is 45.0 Å². The Morgan fingerprint density at radius 1 is 1.22 bits per heavy atom. The fourth-order valence-corrected chi connectivity index (χ4v) is 2.39. The van der Waals surface area contributed by atoms with Crippen molar-refractivity contribution < 1.29 is 4.74 Å². The lowest BCUT2D eigenvalue weighted by Gasteiger charge is -2.24. The summed E-state index contributed by atoms with van der Waals surface area (Å²) in [7, 11) is 0. The number of nitriles is 1. The molecule has 0 bridgehead atoms. The second kappa shape index (κ2) is 7.06. The standard InChI is InChI=1S/C12H12Cl2N2O.ClH/c13-10-5-8(7-15)6-11(14)12(10)17-9-1-3-16-4-2-9;/h5-6,9,16H,1-4H2;1H. The van der Waals surface area contributed by atoms with Crippen molar-refractivity contribution in [3.63, 3.8) is 0 Å². The van der Waals surface area contributed by atoms with Gasteiger partial charge in [0.1, 0.15) is 6.10 Å². The molecule has 1 N–H and O–H groups in total. The largest absolute Gasteiger partial charge is 0.487 e. The highest BCUT2D eigenvalue weighted by Crippen LogP contribution is 2.35. The van der Waals surface area contributed by atoms with Gasteiger partial charge in [0, 0.05) is 0 Å². The zero-order valence-corrected chi connectivity index (χ0v) is 11.9. The third-order valence-electron chi connectivity index (χ3n) is 2.70. The summed E-state index contributed by atoms with van der Waals surface area (Å²) in [6.45, 7) is 1.88. The smallest absolute Gasteiger partial charge is 0.156 e. The first kappa shape index (κ1) is 15.4. The van der Waals surface area contributed by atoms with Gasteiger partial charge in [0.25, 0.3) is 0 Å². The maximum absolute atomic E-state index is 8.78. The Bertz CT molecular complexity index is 430. The number of halogens is 3. The molecule has 0 atom stereocenters. The van der Waals surface area contributed by atoms with Gasteiger partial charge in [-0.2, -0.15) is 5.26 Å². The van der Waals surface area contributed by atoms with E-state index >= 15 is 0 Å². The maximum Gasteiger partial charge on any atom is 0.156 e. The van der Waals surface area contributed by atoms with Crippen molar-refractivity contribution in [1.82, 2.24) is 5.32 Å². The molecule has 2 rings (SSSR count). The molecule has 1 aromatic rings. The van der Waals surface area contributed by atoms with E-state index in [4.69, 9.17) is 33.2 Å². The molecule has 1 aromatic carbocycles. The van der Waals surface area contributed by atoms with Gasteiger partial charge in [-0.25, -0.2) is 0 Å². The Kier molecular flexibility index (Phi) is 6.04. The monoisotopic (exact) mass is 306 g/mol. The van der Waals surface area contributed by atoms with Crippen molar-refractivity contribution in [1.29, 1.82) is 5.26 Å². The van der Waals surface area contributed by atoms with E-state index in [1.807, 2.05) is 6.07 Å². The highest BCUT2D eigenvalue weighted by molar-refractivity contribution is 6.37. The fourth-order valence-electron chi connectivity index (χ4n) is 1.82. The number of nitrogens with one attached hydrogen (secondary N) is 1. The Morgan fingerprint density at radius 3 is 2.28 bits per heavy atom. The van der Waals surface area contributed by atoms with Crippen LogP contribution in [0.25, 0.3) is 0 Å². The highest BCUT2D eigenvalue weighted by atomic mass is 35.5. The van der Waals surface area contributed by atoms with Crippen molar-refractivity contribution in [2.24, 2.45) is 0 Å². The molecule has 0 unspecified atom stereocenters. The first-order chi connectivity index (χ1) is 8.20. The summed E-state index contributed by atoms with van der Waals surface area (Å²) < 4.78 is 5.80. The van der Waals surface area contributed by atoms with E-state index in [2.05, 4.69) is 5.32 Å². The fraction of sp³-hybridized carbons (Fsp3) is 0.417. The summed E-state index contributed by atoms with van der Waals surface area (Å²) in [4.78, 5) is 0. The Morgan fingerprint density at radius 2 is 1.78 bits per heavy atom. The molecule has 0 radical (unpaired) electrons. The van der Waals surface area contributed by atoms with E-state index in [0.717, 1.165) is 25.9 Å². The molecule has 0 aromatic heterocycles. The summed E-state index contributed by atoms with van der Waals surface area (Å²) in [5.41, 5.74) is 0.442. The molecule has 1 heterocycles. The highest BCUT2D eigenvalue weighted by Gasteiger charge is 2.18. The number of piperidine rings is 1. The molecule has 1 saturated heterocycles. The van der Waals surface area contributed by atoms with Crippen LogP contribution in [0.15, 0.2) is 12.1 Å². The molecule has 1 fully saturated rings. The normalized spacial score (nSPS) is 15.6. The molecule has 3 nitrogen and oxygen atoms in total. The number of hydrogen-bond donors (Lipinski definition) is 1. The molecular weight excluding hydrogens is 295 g/mol. The quantitative estimate of drug-likeness (QED) is 0.910. The first-order valence-corrected chi connectivity index (χ1v) is 6.23. The van der Waals surface area contributed by atoms with Crippen molar-refractivity contribution in [2.45, 2.75) is 18.9 Å². The van der Waals surface area contributed by atoms with Crippen LogP contribution < -0.4 is 10.1 Å². The van der Waals surface area contributed by atoms with Gasteiger partial charge in [-0.1, -0.05) is 23.2 Å². The molecule has 0 amide bonds. The average molecular weight is 308 g/mol. The number of nitrogens with zero attached hydrogens (tertiary/aromatic N) is 1. The minimum Gasteiger partial charge on any atom is -0.487 e. The SMILES string of the molecule is Cl.N#Cc1cc(Cl)c(OC2CCNCC2)c(Cl)c1. The predicted molar refractivity (Wildman–Crippen MR) is 74.9 cm³/mol. The number of hydrogen-bond acceptors (Lipinski definition) is 3. The molecule has 98 valence electrons. The maximum atomic E-state index is 8.78. The van der Waals surface area contributed by atoms with Gasteiger partial charge in [0.05, 0.1) is 21.7 Å². The van der Waals surface area contributed by atoms with E-state index < -0.39 is 0 Å². The Balaban J connectivity index is 0.00000162. The van der Waals surface area contributed by atoms with Crippen LogP contribution in [-0.2, 0) is 0 Å². The van der Waals surface area contributed by atoms with E-state index in [0.29, 0.717) is 21.4 Å². The summed E-state index contributed by atoms with van der Waals surface area (Å²) in [6, 6.07) is 5.15. The number of rotatable bonds is 2.